The zero-order valence-electron chi connectivity index (χ0n) is 16.7. The van der Waals surface area contributed by atoms with Crippen molar-refractivity contribution in [2.45, 2.75) is 77.6 Å². The first kappa shape index (κ1) is 19.2. The summed E-state index contributed by atoms with van der Waals surface area (Å²) < 4.78 is 17.8. The highest BCUT2D eigenvalue weighted by Crippen LogP contribution is 2.52. The second-order valence-corrected chi connectivity index (χ2v) is 8.50. The van der Waals surface area contributed by atoms with Gasteiger partial charge in [-0.25, -0.2) is 4.79 Å². The van der Waals surface area contributed by atoms with E-state index in [0.717, 1.165) is 37.0 Å². The van der Waals surface area contributed by atoms with E-state index in [4.69, 9.17) is 14.2 Å². The number of carbonyl (C=O) groups excluding carboxylic acids is 1. The first-order valence-electron chi connectivity index (χ1n) is 9.91. The normalized spacial score (nSPS) is 30.3. The summed E-state index contributed by atoms with van der Waals surface area (Å²) in [5.41, 5.74) is 1.32. The number of rotatable bonds is 5. The van der Waals surface area contributed by atoms with Crippen molar-refractivity contribution in [2.75, 3.05) is 7.11 Å². The van der Waals surface area contributed by atoms with Gasteiger partial charge >= 0.3 is 5.97 Å². The molecule has 2 aliphatic rings. The SMILES string of the molecule is COC(=O)c1ccc2c(c1)[C@@H]1O[C@H](C)CC[C@H]1[C@](C)(CCCC(C)C)O2. The lowest BCUT2D eigenvalue weighted by atomic mass is 9.72. The molecule has 0 radical (unpaired) electrons. The van der Waals surface area contributed by atoms with Crippen LogP contribution in [0.3, 0.4) is 0 Å². The van der Waals surface area contributed by atoms with Gasteiger partial charge in [-0.3, -0.25) is 0 Å². The summed E-state index contributed by atoms with van der Waals surface area (Å²) in [4.78, 5) is 12.0. The molecule has 0 N–H and O–H groups in total. The minimum absolute atomic E-state index is 0.0174. The van der Waals surface area contributed by atoms with E-state index in [1.807, 2.05) is 12.1 Å². The summed E-state index contributed by atoms with van der Waals surface area (Å²) in [6.45, 7) is 8.90. The van der Waals surface area contributed by atoms with Crippen molar-refractivity contribution in [1.29, 1.82) is 0 Å². The summed E-state index contributed by atoms with van der Waals surface area (Å²) in [5, 5.41) is 0. The van der Waals surface area contributed by atoms with Crippen molar-refractivity contribution in [3.05, 3.63) is 29.3 Å². The van der Waals surface area contributed by atoms with E-state index in [9.17, 15) is 4.79 Å². The number of ether oxygens (including phenoxy) is 3. The van der Waals surface area contributed by atoms with Crippen LogP contribution in [0.1, 0.15) is 81.8 Å². The Bertz CT molecular complexity index is 654. The molecule has 26 heavy (non-hydrogen) atoms. The Morgan fingerprint density at radius 1 is 1.35 bits per heavy atom. The summed E-state index contributed by atoms with van der Waals surface area (Å²) in [6, 6.07) is 5.58. The van der Waals surface area contributed by atoms with E-state index in [2.05, 4.69) is 27.7 Å². The Kier molecular flexibility index (Phi) is 5.61. The molecule has 0 aromatic heterocycles. The molecule has 0 saturated carbocycles. The predicted molar refractivity (Wildman–Crippen MR) is 102 cm³/mol. The number of esters is 1. The molecule has 0 aliphatic carbocycles. The first-order chi connectivity index (χ1) is 12.3. The zero-order valence-corrected chi connectivity index (χ0v) is 16.7. The summed E-state index contributed by atoms with van der Waals surface area (Å²) in [6.07, 6.45) is 5.74. The standard InChI is InChI=1S/C22H32O4/c1-14(2)7-6-12-22(4)18-10-8-15(3)25-20(18)17-13-16(21(23)24-5)9-11-19(17)26-22/h9,11,13-15,18,20H,6-8,10,12H2,1-5H3/t15-,18-,20+,22+/m1/s1. The van der Waals surface area contributed by atoms with Crippen molar-refractivity contribution in [3.63, 3.8) is 0 Å². The maximum Gasteiger partial charge on any atom is 0.337 e. The van der Waals surface area contributed by atoms with Crippen LogP contribution in [0.25, 0.3) is 0 Å². The van der Waals surface area contributed by atoms with Crippen LogP contribution in [-0.2, 0) is 9.47 Å². The van der Waals surface area contributed by atoms with Gasteiger partial charge in [0.15, 0.2) is 0 Å². The molecule has 4 nitrogen and oxygen atoms in total. The second-order valence-electron chi connectivity index (χ2n) is 8.50. The molecular weight excluding hydrogens is 328 g/mol. The molecule has 1 fully saturated rings. The van der Waals surface area contributed by atoms with Crippen LogP contribution in [0.2, 0.25) is 0 Å². The molecule has 144 valence electrons. The van der Waals surface area contributed by atoms with E-state index in [1.54, 1.807) is 6.07 Å². The monoisotopic (exact) mass is 360 g/mol. The lowest BCUT2D eigenvalue weighted by Gasteiger charge is -2.50. The topological polar surface area (TPSA) is 44.8 Å². The fourth-order valence-electron chi connectivity index (χ4n) is 4.43. The van der Waals surface area contributed by atoms with Crippen molar-refractivity contribution < 1.29 is 19.0 Å². The molecule has 4 atom stereocenters. The fraction of sp³-hybridized carbons (Fsp3) is 0.682. The Morgan fingerprint density at radius 3 is 2.81 bits per heavy atom. The van der Waals surface area contributed by atoms with Crippen LogP contribution in [0.15, 0.2) is 18.2 Å². The molecule has 1 saturated heterocycles. The minimum atomic E-state index is -0.321. The van der Waals surface area contributed by atoms with Crippen LogP contribution in [0.5, 0.6) is 5.75 Å². The minimum Gasteiger partial charge on any atom is -0.487 e. The van der Waals surface area contributed by atoms with Crippen molar-refractivity contribution in [3.8, 4) is 5.75 Å². The Balaban J connectivity index is 1.92. The van der Waals surface area contributed by atoms with E-state index in [-0.39, 0.29) is 23.8 Å². The van der Waals surface area contributed by atoms with Gasteiger partial charge in [-0.2, -0.15) is 0 Å². The van der Waals surface area contributed by atoms with Crippen molar-refractivity contribution >= 4 is 5.97 Å². The molecule has 1 aromatic rings. The third-order valence-corrected chi connectivity index (χ3v) is 5.95. The fourth-order valence-corrected chi connectivity index (χ4v) is 4.43. The number of hydrogen-bond acceptors (Lipinski definition) is 4. The van der Waals surface area contributed by atoms with Crippen molar-refractivity contribution in [2.24, 2.45) is 11.8 Å². The molecule has 0 spiro atoms. The van der Waals surface area contributed by atoms with Crippen LogP contribution < -0.4 is 4.74 Å². The number of fused-ring (bicyclic) bond motifs is 3. The predicted octanol–water partition coefficient (Wildman–Crippen LogP) is 5.31. The van der Waals surface area contributed by atoms with Crippen LogP contribution in [0, 0.1) is 11.8 Å². The summed E-state index contributed by atoms with van der Waals surface area (Å²) >= 11 is 0. The van der Waals surface area contributed by atoms with Gasteiger partial charge in [-0.05, 0) is 63.6 Å². The highest BCUT2D eigenvalue weighted by molar-refractivity contribution is 5.89. The summed E-state index contributed by atoms with van der Waals surface area (Å²) in [7, 11) is 1.41. The van der Waals surface area contributed by atoms with Gasteiger partial charge in [0.1, 0.15) is 11.4 Å². The van der Waals surface area contributed by atoms with Gasteiger partial charge < -0.3 is 14.2 Å². The van der Waals surface area contributed by atoms with Gasteiger partial charge in [0.25, 0.3) is 0 Å². The number of benzene rings is 1. The first-order valence-corrected chi connectivity index (χ1v) is 9.91. The molecular formula is C22H32O4. The van der Waals surface area contributed by atoms with Gasteiger partial charge in [0.2, 0.25) is 0 Å². The van der Waals surface area contributed by atoms with Crippen LogP contribution >= 0.6 is 0 Å². The highest BCUT2D eigenvalue weighted by atomic mass is 16.5. The highest BCUT2D eigenvalue weighted by Gasteiger charge is 2.49. The van der Waals surface area contributed by atoms with E-state index < -0.39 is 0 Å². The molecule has 2 heterocycles. The van der Waals surface area contributed by atoms with Gasteiger partial charge in [-0.1, -0.05) is 20.3 Å². The molecule has 0 unspecified atom stereocenters. The Hall–Kier alpha value is -1.55. The summed E-state index contributed by atoms with van der Waals surface area (Å²) in [5.74, 6) is 1.54. The van der Waals surface area contributed by atoms with Crippen LogP contribution in [0.4, 0.5) is 0 Å². The third-order valence-electron chi connectivity index (χ3n) is 5.95. The maximum atomic E-state index is 12.0. The molecule has 0 amide bonds. The molecule has 1 aromatic carbocycles. The number of hydrogen-bond donors (Lipinski definition) is 0. The Labute approximate surface area is 157 Å². The number of carbonyl (C=O) groups is 1. The second kappa shape index (κ2) is 7.59. The lowest BCUT2D eigenvalue weighted by Crippen LogP contribution is -2.50. The molecule has 4 heteroatoms. The molecule has 0 bridgehead atoms. The number of methoxy groups -OCH3 is 1. The quantitative estimate of drug-likeness (QED) is 0.668. The van der Waals surface area contributed by atoms with Gasteiger partial charge in [0, 0.05) is 11.5 Å². The maximum absolute atomic E-state index is 12.0. The average molecular weight is 360 g/mol. The van der Waals surface area contributed by atoms with E-state index >= 15 is 0 Å². The van der Waals surface area contributed by atoms with E-state index in [0.29, 0.717) is 17.4 Å². The van der Waals surface area contributed by atoms with Gasteiger partial charge in [0.05, 0.1) is 24.9 Å². The zero-order chi connectivity index (χ0) is 18.9. The molecule has 2 aliphatic heterocycles. The lowest BCUT2D eigenvalue weighted by molar-refractivity contribution is -0.152. The Morgan fingerprint density at radius 2 is 2.12 bits per heavy atom. The van der Waals surface area contributed by atoms with Crippen molar-refractivity contribution in [1.82, 2.24) is 0 Å². The third kappa shape index (κ3) is 3.75. The average Bonchev–Trinajstić information content (AvgIpc) is 2.60. The molecule has 3 rings (SSSR count). The largest absolute Gasteiger partial charge is 0.487 e. The van der Waals surface area contributed by atoms with E-state index in [1.165, 1.54) is 13.5 Å². The van der Waals surface area contributed by atoms with Gasteiger partial charge in [-0.15, -0.1) is 0 Å². The smallest absolute Gasteiger partial charge is 0.337 e. The van der Waals surface area contributed by atoms with Crippen LogP contribution in [-0.4, -0.2) is 24.8 Å².